The SMILES string of the molecule is CCS(=O)(=O)NCCc1c2c(cc3c1OCC3)OCC2. The molecule has 3 rings (SSSR count). The second kappa shape index (κ2) is 5.26. The normalized spacial score (nSPS) is 16.4. The third-order valence-electron chi connectivity index (χ3n) is 3.84. The van der Waals surface area contributed by atoms with Crippen LogP contribution in [0, 0.1) is 0 Å². The van der Waals surface area contributed by atoms with E-state index in [0.717, 1.165) is 29.9 Å². The number of benzene rings is 1. The first-order valence-corrected chi connectivity index (χ1v) is 8.66. The van der Waals surface area contributed by atoms with Crippen LogP contribution in [0.2, 0.25) is 0 Å². The molecule has 1 aromatic rings. The van der Waals surface area contributed by atoms with Gasteiger partial charge in [-0.1, -0.05) is 0 Å². The summed E-state index contributed by atoms with van der Waals surface area (Å²) in [6.07, 6.45) is 2.43. The molecule has 1 aromatic carbocycles. The highest BCUT2D eigenvalue weighted by Crippen LogP contribution is 2.40. The van der Waals surface area contributed by atoms with Crippen molar-refractivity contribution >= 4 is 10.0 Å². The highest BCUT2D eigenvalue weighted by atomic mass is 32.2. The molecule has 0 amide bonds. The lowest BCUT2D eigenvalue weighted by Gasteiger charge is -2.13. The molecule has 0 aromatic heterocycles. The number of fused-ring (bicyclic) bond motifs is 2. The summed E-state index contributed by atoms with van der Waals surface area (Å²) >= 11 is 0. The Labute approximate surface area is 119 Å². The maximum absolute atomic E-state index is 11.5. The second-order valence-corrected chi connectivity index (χ2v) is 7.16. The summed E-state index contributed by atoms with van der Waals surface area (Å²) < 4.78 is 37.0. The van der Waals surface area contributed by atoms with E-state index in [1.54, 1.807) is 6.92 Å². The summed E-state index contributed by atoms with van der Waals surface area (Å²) in [7, 11) is -3.14. The van der Waals surface area contributed by atoms with Crippen molar-refractivity contribution in [3.05, 3.63) is 22.8 Å². The largest absolute Gasteiger partial charge is 0.493 e. The van der Waals surface area contributed by atoms with Crippen molar-refractivity contribution in [2.75, 3.05) is 25.5 Å². The summed E-state index contributed by atoms with van der Waals surface area (Å²) in [6, 6.07) is 2.07. The zero-order chi connectivity index (χ0) is 14.2. The second-order valence-electron chi connectivity index (χ2n) is 5.06. The van der Waals surface area contributed by atoms with E-state index in [1.807, 2.05) is 0 Å². The molecule has 0 fully saturated rings. The number of hydrogen-bond donors (Lipinski definition) is 1. The topological polar surface area (TPSA) is 64.6 Å². The van der Waals surface area contributed by atoms with Crippen molar-refractivity contribution in [2.24, 2.45) is 0 Å². The summed E-state index contributed by atoms with van der Waals surface area (Å²) in [5.41, 5.74) is 3.48. The van der Waals surface area contributed by atoms with Crippen LogP contribution in [0.25, 0.3) is 0 Å². The van der Waals surface area contributed by atoms with Crippen LogP contribution in [0.1, 0.15) is 23.6 Å². The molecular weight excluding hydrogens is 278 g/mol. The van der Waals surface area contributed by atoms with Crippen molar-refractivity contribution in [1.82, 2.24) is 4.72 Å². The molecule has 6 heteroatoms. The molecule has 2 aliphatic rings. The van der Waals surface area contributed by atoms with Crippen LogP contribution in [-0.4, -0.2) is 33.9 Å². The fourth-order valence-corrected chi connectivity index (χ4v) is 3.40. The molecule has 5 nitrogen and oxygen atoms in total. The minimum Gasteiger partial charge on any atom is -0.493 e. The van der Waals surface area contributed by atoms with Crippen LogP contribution in [0.4, 0.5) is 0 Å². The van der Waals surface area contributed by atoms with E-state index in [1.165, 1.54) is 11.1 Å². The quantitative estimate of drug-likeness (QED) is 0.882. The van der Waals surface area contributed by atoms with Gasteiger partial charge in [-0.15, -0.1) is 0 Å². The van der Waals surface area contributed by atoms with Crippen molar-refractivity contribution in [1.29, 1.82) is 0 Å². The molecule has 0 saturated heterocycles. The monoisotopic (exact) mass is 297 g/mol. The fourth-order valence-electron chi connectivity index (χ4n) is 2.78. The Morgan fingerprint density at radius 3 is 2.85 bits per heavy atom. The lowest BCUT2D eigenvalue weighted by molar-refractivity contribution is 0.353. The van der Waals surface area contributed by atoms with Crippen LogP contribution in [0.3, 0.4) is 0 Å². The van der Waals surface area contributed by atoms with Gasteiger partial charge in [0.2, 0.25) is 10.0 Å². The van der Waals surface area contributed by atoms with Crippen molar-refractivity contribution in [2.45, 2.75) is 26.2 Å². The van der Waals surface area contributed by atoms with Crippen LogP contribution in [0.15, 0.2) is 6.07 Å². The first-order valence-electron chi connectivity index (χ1n) is 7.01. The average Bonchev–Trinajstić information content (AvgIpc) is 3.05. The highest BCUT2D eigenvalue weighted by Gasteiger charge is 2.26. The van der Waals surface area contributed by atoms with Gasteiger partial charge in [0.15, 0.2) is 0 Å². The van der Waals surface area contributed by atoms with Gasteiger partial charge in [0.25, 0.3) is 0 Å². The Bertz CT molecular complexity index is 592. The van der Waals surface area contributed by atoms with Gasteiger partial charge in [0.1, 0.15) is 11.5 Å². The minimum atomic E-state index is -3.14. The van der Waals surface area contributed by atoms with E-state index in [9.17, 15) is 8.42 Å². The third-order valence-corrected chi connectivity index (χ3v) is 5.24. The lowest BCUT2D eigenvalue weighted by atomic mass is 9.97. The van der Waals surface area contributed by atoms with Crippen LogP contribution in [-0.2, 0) is 29.3 Å². The summed E-state index contributed by atoms with van der Waals surface area (Å²) in [6.45, 7) is 3.44. The number of ether oxygens (including phenoxy) is 2. The number of rotatable bonds is 5. The van der Waals surface area contributed by atoms with Gasteiger partial charge >= 0.3 is 0 Å². The van der Waals surface area contributed by atoms with E-state index in [4.69, 9.17) is 9.47 Å². The molecule has 0 unspecified atom stereocenters. The maximum Gasteiger partial charge on any atom is 0.211 e. The van der Waals surface area contributed by atoms with Crippen LogP contribution >= 0.6 is 0 Å². The van der Waals surface area contributed by atoms with Gasteiger partial charge in [-0.25, -0.2) is 13.1 Å². The average molecular weight is 297 g/mol. The summed E-state index contributed by atoms with van der Waals surface area (Å²) in [4.78, 5) is 0. The molecule has 2 heterocycles. The predicted octanol–water partition coefficient (Wildman–Crippen LogP) is 1.04. The van der Waals surface area contributed by atoms with Crippen LogP contribution in [0.5, 0.6) is 11.5 Å². The van der Waals surface area contributed by atoms with Gasteiger partial charge in [-0.3, -0.25) is 0 Å². The summed E-state index contributed by atoms with van der Waals surface area (Å²) in [5, 5.41) is 0. The van der Waals surface area contributed by atoms with Gasteiger partial charge in [-0.05, 0) is 19.4 Å². The first-order chi connectivity index (χ1) is 9.61. The van der Waals surface area contributed by atoms with E-state index in [-0.39, 0.29) is 5.75 Å². The third kappa shape index (κ3) is 2.50. The van der Waals surface area contributed by atoms with Gasteiger partial charge in [0, 0.05) is 36.1 Å². The number of nitrogens with one attached hydrogen (secondary N) is 1. The minimum absolute atomic E-state index is 0.109. The zero-order valence-electron chi connectivity index (χ0n) is 11.6. The van der Waals surface area contributed by atoms with Crippen molar-refractivity contribution in [3.63, 3.8) is 0 Å². The van der Waals surface area contributed by atoms with E-state index >= 15 is 0 Å². The molecule has 0 aliphatic carbocycles. The Morgan fingerprint density at radius 2 is 2.05 bits per heavy atom. The number of sulfonamides is 1. The first kappa shape index (κ1) is 13.7. The van der Waals surface area contributed by atoms with E-state index in [2.05, 4.69) is 10.8 Å². The lowest BCUT2D eigenvalue weighted by Crippen LogP contribution is -2.27. The molecule has 0 bridgehead atoms. The summed E-state index contributed by atoms with van der Waals surface area (Å²) in [5.74, 6) is 2.00. The molecule has 0 radical (unpaired) electrons. The number of hydrogen-bond acceptors (Lipinski definition) is 4. The van der Waals surface area contributed by atoms with E-state index < -0.39 is 10.0 Å². The zero-order valence-corrected chi connectivity index (χ0v) is 12.4. The molecule has 110 valence electrons. The maximum atomic E-state index is 11.5. The standard InChI is InChI=1S/C14H19NO4S/c1-2-20(16,17)15-6-3-12-11-5-8-18-13(11)9-10-4-7-19-14(10)12/h9,15H,2-8H2,1H3. The Kier molecular flexibility index (Phi) is 3.60. The molecule has 20 heavy (non-hydrogen) atoms. The Balaban J connectivity index is 1.83. The molecule has 1 N–H and O–H groups in total. The van der Waals surface area contributed by atoms with Gasteiger partial charge in [-0.2, -0.15) is 0 Å². The van der Waals surface area contributed by atoms with Gasteiger partial charge in [0.05, 0.1) is 19.0 Å². The van der Waals surface area contributed by atoms with Gasteiger partial charge < -0.3 is 9.47 Å². The molecule has 0 atom stereocenters. The molecule has 0 spiro atoms. The Hall–Kier alpha value is -1.27. The molecular formula is C14H19NO4S. The predicted molar refractivity (Wildman–Crippen MR) is 76.0 cm³/mol. The molecule has 0 saturated carbocycles. The van der Waals surface area contributed by atoms with Crippen molar-refractivity contribution < 1.29 is 17.9 Å². The molecule has 2 aliphatic heterocycles. The smallest absolute Gasteiger partial charge is 0.211 e. The van der Waals surface area contributed by atoms with Crippen molar-refractivity contribution in [3.8, 4) is 11.5 Å². The van der Waals surface area contributed by atoms with E-state index in [0.29, 0.717) is 26.2 Å². The Morgan fingerprint density at radius 1 is 1.25 bits per heavy atom. The van der Waals surface area contributed by atoms with Crippen LogP contribution < -0.4 is 14.2 Å². The highest BCUT2D eigenvalue weighted by molar-refractivity contribution is 7.89. The fraction of sp³-hybridized carbons (Fsp3) is 0.571.